The van der Waals surface area contributed by atoms with Crippen LogP contribution in [0.2, 0.25) is 0 Å². The lowest BCUT2D eigenvalue weighted by molar-refractivity contribution is 0.350. The molecule has 3 aromatic carbocycles. The molecule has 30 heavy (non-hydrogen) atoms. The molecule has 0 radical (unpaired) electrons. The number of nitrogens with one attached hydrogen (secondary N) is 1. The summed E-state index contributed by atoms with van der Waals surface area (Å²) in [4.78, 5) is 4.85. The zero-order valence-corrected chi connectivity index (χ0v) is 18.2. The van der Waals surface area contributed by atoms with Gasteiger partial charge in [0.1, 0.15) is 0 Å². The zero-order chi connectivity index (χ0) is 20.7. The van der Waals surface area contributed by atoms with E-state index in [0.717, 1.165) is 44.0 Å². The van der Waals surface area contributed by atoms with Crippen LogP contribution in [0.25, 0.3) is 16.7 Å². The number of anilines is 1. The van der Waals surface area contributed by atoms with Crippen molar-refractivity contribution in [3.05, 3.63) is 88.4 Å². The van der Waals surface area contributed by atoms with Gasteiger partial charge in [-0.15, -0.1) is 0 Å². The molecule has 1 unspecified atom stereocenters. The van der Waals surface area contributed by atoms with Crippen molar-refractivity contribution in [2.45, 2.75) is 6.04 Å². The number of fused-ring (bicyclic) bond motifs is 3. The highest BCUT2D eigenvalue weighted by Crippen LogP contribution is 2.42. The van der Waals surface area contributed by atoms with Gasteiger partial charge in [-0.1, -0.05) is 52.3 Å². The Bertz CT molecular complexity index is 1260. The Labute approximate surface area is 183 Å². The number of nitrogens with zero attached hydrogens (tertiary/aromatic N) is 2. The average Bonchev–Trinajstić information content (AvgIpc) is 3.17. The third-order valence-corrected chi connectivity index (χ3v) is 5.88. The lowest BCUT2D eigenvalue weighted by Crippen LogP contribution is -2.19. The van der Waals surface area contributed by atoms with Crippen molar-refractivity contribution in [1.29, 1.82) is 0 Å². The first-order valence-corrected chi connectivity index (χ1v) is 10.4. The number of para-hydroxylation sites is 3. The number of halogens is 1. The summed E-state index contributed by atoms with van der Waals surface area (Å²) >= 11 is 3.52. The van der Waals surface area contributed by atoms with Crippen LogP contribution in [0.1, 0.15) is 17.2 Å². The highest BCUT2D eigenvalue weighted by Gasteiger charge is 2.28. The molecule has 0 bridgehead atoms. The van der Waals surface area contributed by atoms with Crippen LogP contribution < -0.4 is 14.8 Å². The predicted molar refractivity (Wildman–Crippen MR) is 123 cm³/mol. The Hall–Kier alpha value is -3.25. The van der Waals surface area contributed by atoms with Crippen LogP contribution >= 0.6 is 15.9 Å². The smallest absolute Gasteiger partial charge is 0.209 e. The molecule has 1 atom stereocenters. The number of imidazole rings is 1. The lowest BCUT2D eigenvalue weighted by Gasteiger charge is -2.28. The summed E-state index contributed by atoms with van der Waals surface area (Å²) in [6, 6.07) is 22.3. The molecule has 5 nitrogen and oxygen atoms in total. The third kappa shape index (κ3) is 3.04. The third-order valence-electron chi connectivity index (χ3n) is 5.35. The molecule has 1 aliphatic rings. The highest BCUT2D eigenvalue weighted by atomic mass is 79.9. The fourth-order valence-electron chi connectivity index (χ4n) is 3.98. The van der Waals surface area contributed by atoms with Crippen LogP contribution in [-0.2, 0) is 0 Å². The van der Waals surface area contributed by atoms with Gasteiger partial charge in [0.25, 0.3) is 0 Å². The van der Waals surface area contributed by atoms with Crippen LogP contribution in [0.5, 0.6) is 11.5 Å². The zero-order valence-electron chi connectivity index (χ0n) is 16.6. The van der Waals surface area contributed by atoms with E-state index >= 15 is 0 Å². The van der Waals surface area contributed by atoms with Crippen molar-refractivity contribution in [2.75, 3.05) is 19.5 Å². The van der Waals surface area contributed by atoms with Gasteiger partial charge >= 0.3 is 0 Å². The maximum Gasteiger partial charge on any atom is 0.209 e. The number of hydrogen-bond acceptors (Lipinski definition) is 4. The van der Waals surface area contributed by atoms with Gasteiger partial charge in [-0.3, -0.25) is 4.57 Å². The van der Waals surface area contributed by atoms with E-state index in [1.807, 2.05) is 42.5 Å². The van der Waals surface area contributed by atoms with Crippen molar-refractivity contribution in [3.63, 3.8) is 0 Å². The largest absolute Gasteiger partial charge is 0.493 e. The highest BCUT2D eigenvalue weighted by molar-refractivity contribution is 9.10. The summed E-state index contributed by atoms with van der Waals surface area (Å²) < 4.78 is 14.6. The maximum absolute atomic E-state index is 5.77. The van der Waals surface area contributed by atoms with Crippen molar-refractivity contribution in [3.8, 4) is 11.5 Å². The van der Waals surface area contributed by atoms with E-state index in [-0.39, 0.29) is 6.04 Å². The van der Waals surface area contributed by atoms with Crippen molar-refractivity contribution < 1.29 is 9.47 Å². The molecule has 1 aliphatic heterocycles. The number of allylic oxidation sites excluding steroid dienone is 1. The first kappa shape index (κ1) is 18.8. The second kappa shape index (κ2) is 7.54. The Kier molecular flexibility index (Phi) is 4.71. The van der Waals surface area contributed by atoms with Gasteiger partial charge in [0, 0.05) is 15.7 Å². The van der Waals surface area contributed by atoms with Gasteiger partial charge in [0.05, 0.1) is 31.3 Å². The lowest BCUT2D eigenvalue weighted by atomic mass is 9.99. The molecule has 1 aromatic heterocycles. The van der Waals surface area contributed by atoms with Crippen molar-refractivity contribution in [2.24, 2.45) is 0 Å². The maximum atomic E-state index is 5.77. The fraction of sp³-hybridized carbons (Fsp3) is 0.125. The van der Waals surface area contributed by atoms with Crippen LogP contribution in [0.15, 0.2) is 77.3 Å². The van der Waals surface area contributed by atoms with E-state index in [9.17, 15) is 0 Å². The van der Waals surface area contributed by atoms with Gasteiger partial charge in [-0.2, -0.15) is 0 Å². The number of hydrogen-bond donors (Lipinski definition) is 1. The Morgan fingerprint density at radius 3 is 2.50 bits per heavy atom. The molecule has 0 spiro atoms. The summed E-state index contributed by atoms with van der Waals surface area (Å²) in [5.74, 6) is 2.23. The van der Waals surface area contributed by atoms with E-state index in [0.29, 0.717) is 5.75 Å². The predicted octanol–water partition coefficient (Wildman–Crippen LogP) is 5.87. The minimum Gasteiger partial charge on any atom is -0.493 e. The first-order valence-electron chi connectivity index (χ1n) is 9.62. The van der Waals surface area contributed by atoms with Crippen LogP contribution in [0, 0.1) is 0 Å². The summed E-state index contributed by atoms with van der Waals surface area (Å²) in [6.45, 7) is 0. The van der Waals surface area contributed by atoms with Crippen LogP contribution in [-0.4, -0.2) is 23.8 Å². The Morgan fingerprint density at radius 1 is 0.933 bits per heavy atom. The molecule has 0 saturated heterocycles. The standard InChI is InChI=1S/C24H20BrN3O2/c1-29-22-9-5-6-17(23(22)30-2)21-14-19(15-10-12-16(25)13-11-15)27-24-26-18-7-3-4-8-20(18)28(21)24/h3-14,21H,1-2H3,(H,26,27). The molecule has 1 N–H and O–H groups in total. The minimum absolute atomic E-state index is 0.114. The molecule has 150 valence electrons. The molecule has 0 fully saturated rings. The summed E-state index contributed by atoms with van der Waals surface area (Å²) in [5, 5.41) is 3.51. The van der Waals surface area contributed by atoms with E-state index in [1.165, 1.54) is 0 Å². The Morgan fingerprint density at radius 2 is 1.73 bits per heavy atom. The molecule has 4 aromatic rings. The van der Waals surface area contributed by atoms with E-state index in [1.54, 1.807) is 14.2 Å². The summed E-state index contributed by atoms with van der Waals surface area (Å²) in [7, 11) is 3.33. The van der Waals surface area contributed by atoms with Crippen molar-refractivity contribution >= 4 is 38.6 Å². The SMILES string of the molecule is COc1cccc(C2C=C(c3ccc(Br)cc3)Nc3nc4ccccc4n32)c1OC. The monoisotopic (exact) mass is 461 g/mol. The van der Waals surface area contributed by atoms with E-state index in [2.05, 4.69) is 56.2 Å². The second-order valence-electron chi connectivity index (χ2n) is 7.03. The summed E-state index contributed by atoms with van der Waals surface area (Å²) in [6.07, 6.45) is 2.21. The van der Waals surface area contributed by atoms with E-state index < -0.39 is 0 Å². The number of ether oxygens (including phenoxy) is 2. The van der Waals surface area contributed by atoms with Crippen LogP contribution in [0.4, 0.5) is 5.95 Å². The molecular formula is C24H20BrN3O2. The minimum atomic E-state index is -0.114. The molecule has 0 aliphatic carbocycles. The van der Waals surface area contributed by atoms with Gasteiger partial charge < -0.3 is 14.8 Å². The molecule has 6 heteroatoms. The Balaban J connectivity index is 1.75. The number of methoxy groups -OCH3 is 2. The van der Waals surface area contributed by atoms with Crippen molar-refractivity contribution in [1.82, 2.24) is 9.55 Å². The van der Waals surface area contributed by atoms with Gasteiger partial charge in [-0.25, -0.2) is 4.98 Å². The molecule has 2 heterocycles. The van der Waals surface area contributed by atoms with Gasteiger partial charge in [-0.05, 0) is 42.0 Å². The molecule has 0 saturated carbocycles. The topological polar surface area (TPSA) is 48.3 Å². The molecule has 0 amide bonds. The van der Waals surface area contributed by atoms with Crippen LogP contribution in [0.3, 0.4) is 0 Å². The second-order valence-corrected chi connectivity index (χ2v) is 7.95. The quantitative estimate of drug-likeness (QED) is 0.412. The normalized spacial score (nSPS) is 15.3. The number of benzene rings is 3. The molecule has 5 rings (SSSR count). The number of rotatable bonds is 4. The average molecular weight is 462 g/mol. The van der Waals surface area contributed by atoms with Gasteiger partial charge in [0.15, 0.2) is 11.5 Å². The molecular weight excluding hydrogens is 442 g/mol. The summed E-state index contributed by atoms with van der Waals surface area (Å²) in [5.41, 5.74) is 5.10. The fourth-order valence-corrected chi connectivity index (χ4v) is 4.24. The number of aromatic nitrogens is 2. The van der Waals surface area contributed by atoms with Gasteiger partial charge in [0.2, 0.25) is 5.95 Å². The first-order chi connectivity index (χ1) is 14.7. The van der Waals surface area contributed by atoms with E-state index in [4.69, 9.17) is 14.5 Å².